The lowest BCUT2D eigenvalue weighted by Gasteiger charge is -2.23. The van der Waals surface area contributed by atoms with Crippen molar-refractivity contribution in [3.63, 3.8) is 0 Å². The van der Waals surface area contributed by atoms with Crippen LogP contribution in [0.5, 0.6) is 0 Å². The molecule has 10 heteroatoms. The molecule has 0 unspecified atom stereocenters. The summed E-state index contributed by atoms with van der Waals surface area (Å²) >= 11 is 0. The number of carbonyl (C=O) groups excluding carboxylic acids is 5. The molecular weight excluding hydrogens is 408 g/mol. The van der Waals surface area contributed by atoms with E-state index >= 15 is 0 Å². The van der Waals surface area contributed by atoms with Crippen molar-refractivity contribution in [1.82, 2.24) is 10.4 Å². The van der Waals surface area contributed by atoms with E-state index < -0.39 is 41.5 Å². The number of imide groups is 1. The van der Waals surface area contributed by atoms with Crippen LogP contribution in [-0.2, 0) is 40.1 Å². The van der Waals surface area contributed by atoms with Crippen LogP contribution in [0, 0.1) is 0 Å². The van der Waals surface area contributed by atoms with Crippen LogP contribution in [0.15, 0.2) is 30.3 Å². The number of amides is 3. The minimum absolute atomic E-state index is 0.0606. The summed E-state index contributed by atoms with van der Waals surface area (Å²) in [5, 5.41) is 2.69. The second kappa shape index (κ2) is 10.6. The first-order chi connectivity index (χ1) is 14.5. The molecule has 1 saturated heterocycles. The lowest BCUT2D eigenvalue weighted by atomic mass is 10.1. The number of ether oxygens (including phenoxy) is 2. The maximum atomic E-state index is 12.5. The van der Waals surface area contributed by atoms with E-state index in [0.717, 1.165) is 5.56 Å². The van der Waals surface area contributed by atoms with Gasteiger partial charge in [-0.1, -0.05) is 30.3 Å². The van der Waals surface area contributed by atoms with E-state index in [0.29, 0.717) is 5.06 Å². The third-order valence-corrected chi connectivity index (χ3v) is 4.04. The summed E-state index contributed by atoms with van der Waals surface area (Å²) in [6.07, 6.45) is -1.44. The molecule has 0 saturated carbocycles. The van der Waals surface area contributed by atoms with E-state index in [1.807, 2.05) is 6.07 Å². The minimum atomic E-state index is -1.33. The molecule has 1 aromatic carbocycles. The lowest BCUT2D eigenvalue weighted by molar-refractivity contribution is -0.199. The summed E-state index contributed by atoms with van der Waals surface area (Å²) in [6, 6.07) is 7.70. The second-order valence-electron chi connectivity index (χ2n) is 7.88. The van der Waals surface area contributed by atoms with E-state index in [2.05, 4.69) is 5.32 Å². The van der Waals surface area contributed by atoms with Gasteiger partial charge in [-0.05, 0) is 32.8 Å². The number of carbonyl (C=O) groups is 5. The maximum Gasteiger partial charge on any atom is 0.408 e. The quantitative estimate of drug-likeness (QED) is 0.486. The number of hydrogen-bond donors (Lipinski definition) is 1. The number of rotatable bonds is 8. The van der Waals surface area contributed by atoms with Gasteiger partial charge in [0.15, 0.2) is 0 Å². The Balaban J connectivity index is 1.96. The van der Waals surface area contributed by atoms with E-state index in [1.54, 1.807) is 45.0 Å². The van der Waals surface area contributed by atoms with Gasteiger partial charge in [0.05, 0.1) is 0 Å². The Hall–Kier alpha value is -3.43. The Morgan fingerprint density at radius 1 is 1.06 bits per heavy atom. The molecule has 1 aliphatic heterocycles. The highest BCUT2D eigenvalue weighted by Gasteiger charge is 2.36. The molecule has 31 heavy (non-hydrogen) atoms. The normalized spacial score (nSPS) is 14.7. The number of alkyl carbamates (subject to hydrolysis) is 1. The minimum Gasteiger partial charge on any atom is -0.461 e. The molecular formula is C21H26N2O8. The average molecular weight is 434 g/mol. The molecule has 1 fully saturated rings. The Morgan fingerprint density at radius 2 is 1.68 bits per heavy atom. The van der Waals surface area contributed by atoms with Gasteiger partial charge >= 0.3 is 18.0 Å². The summed E-state index contributed by atoms with van der Waals surface area (Å²) < 4.78 is 10.3. The van der Waals surface area contributed by atoms with E-state index in [4.69, 9.17) is 14.3 Å². The van der Waals surface area contributed by atoms with Crippen molar-refractivity contribution in [1.29, 1.82) is 0 Å². The zero-order valence-corrected chi connectivity index (χ0v) is 17.7. The SMILES string of the molecule is CC(C)(C)OC(=O)N[C@@H](CCC(=O)OCc1ccccc1)C(=O)ON1C(=O)CCC1=O. The van der Waals surface area contributed by atoms with Gasteiger partial charge in [0, 0.05) is 19.3 Å². The molecule has 0 bridgehead atoms. The molecule has 1 N–H and O–H groups in total. The van der Waals surface area contributed by atoms with Crippen LogP contribution in [0.25, 0.3) is 0 Å². The summed E-state index contributed by atoms with van der Waals surface area (Å²) in [6.45, 7) is 4.98. The van der Waals surface area contributed by atoms with Gasteiger partial charge in [-0.2, -0.15) is 0 Å². The smallest absolute Gasteiger partial charge is 0.408 e. The van der Waals surface area contributed by atoms with Crippen LogP contribution in [0.3, 0.4) is 0 Å². The third-order valence-electron chi connectivity index (χ3n) is 4.04. The highest BCUT2D eigenvalue weighted by Crippen LogP contribution is 2.15. The van der Waals surface area contributed by atoms with Crippen molar-refractivity contribution in [2.24, 2.45) is 0 Å². The highest BCUT2D eigenvalue weighted by atomic mass is 16.7. The van der Waals surface area contributed by atoms with Crippen LogP contribution in [0.4, 0.5) is 4.79 Å². The monoisotopic (exact) mass is 434 g/mol. The predicted octanol–water partition coefficient (Wildman–Crippen LogP) is 2.01. The molecule has 3 amide bonds. The first kappa shape index (κ1) is 23.8. The predicted molar refractivity (Wildman–Crippen MR) is 106 cm³/mol. The Labute approximate surface area is 179 Å². The van der Waals surface area contributed by atoms with Crippen LogP contribution in [0.1, 0.15) is 52.0 Å². The van der Waals surface area contributed by atoms with Crippen molar-refractivity contribution < 1.29 is 38.3 Å². The van der Waals surface area contributed by atoms with Crippen molar-refractivity contribution >= 4 is 29.8 Å². The van der Waals surface area contributed by atoms with Gasteiger partial charge in [-0.25, -0.2) is 9.59 Å². The topological polar surface area (TPSA) is 128 Å². The van der Waals surface area contributed by atoms with E-state index in [9.17, 15) is 24.0 Å². The van der Waals surface area contributed by atoms with Gasteiger partial charge < -0.3 is 19.6 Å². The molecule has 1 aromatic rings. The molecule has 0 aliphatic carbocycles. The zero-order valence-electron chi connectivity index (χ0n) is 17.7. The molecule has 1 heterocycles. The summed E-state index contributed by atoms with van der Waals surface area (Å²) in [5.74, 6) is -2.97. The summed E-state index contributed by atoms with van der Waals surface area (Å²) in [4.78, 5) is 64.9. The number of hydrogen-bond acceptors (Lipinski definition) is 8. The van der Waals surface area contributed by atoms with Gasteiger partial charge in [0.25, 0.3) is 11.8 Å². The first-order valence-electron chi connectivity index (χ1n) is 9.82. The Kier molecular flexibility index (Phi) is 8.12. The van der Waals surface area contributed by atoms with E-state index in [-0.39, 0.29) is 32.3 Å². The largest absolute Gasteiger partial charge is 0.461 e. The van der Waals surface area contributed by atoms with Crippen molar-refractivity contribution in [3.8, 4) is 0 Å². The van der Waals surface area contributed by atoms with Crippen molar-refractivity contribution in [2.45, 2.75) is 64.7 Å². The number of benzene rings is 1. The lowest BCUT2D eigenvalue weighted by Crippen LogP contribution is -2.47. The van der Waals surface area contributed by atoms with Crippen LogP contribution < -0.4 is 5.32 Å². The fraction of sp³-hybridized carbons (Fsp3) is 0.476. The number of esters is 1. The average Bonchev–Trinajstić information content (AvgIpc) is 3.00. The first-order valence-corrected chi connectivity index (χ1v) is 9.82. The molecule has 0 aromatic heterocycles. The molecule has 0 radical (unpaired) electrons. The van der Waals surface area contributed by atoms with Crippen LogP contribution >= 0.6 is 0 Å². The molecule has 1 aliphatic rings. The van der Waals surface area contributed by atoms with Crippen LogP contribution in [-0.4, -0.2) is 46.6 Å². The van der Waals surface area contributed by atoms with Crippen molar-refractivity contribution in [3.05, 3.63) is 35.9 Å². The van der Waals surface area contributed by atoms with E-state index in [1.165, 1.54) is 0 Å². The molecule has 2 rings (SSSR count). The molecule has 0 spiro atoms. The zero-order chi connectivity index (χ0) is 23.0. The summed E-state index contributed by atoms with van der Waals surface area (Å²) in [7, 11) is 0. The fourth-order valence-corrected chi connectivity index (χ4v) is 2.58. The maximum absolute atomic E-state index is 12.5. The Morgan fingerprint density at radius 3 is 2.26 bits per heavy atom. The van der Waals surface area contributed by atoms with Gasteiger partial charge in [0.1, 0.15) is 18.2 Å². The second-order valence-corrected chi connectivity index (χ2v) is 7.88. The summed E-state index contributed by atoms with van der Waals surface area (Å²) in [5.41, 5.74) is -0.0293. The number of nitrogens with one attached hydrogen (secondary N) is 1. The van der Waals surface area contributed by atoms with Gasteiger partial charge in [0.2, 0.25) is 0 Å². The van der Waals surface area contributed by atoms with Crippen LogP contribution in [0.2, 0.25) is 0 Å². The third kappa shape index (κ3) is 8.07. The van der Waals surface area contributed by atoms with Gasteiger partial charge in [-0.3, -0.25) is 14.4 Å². The fourth-order valence-electron chi connectivity index (χ4n) is 2.58. The van der Waals surface area contributed by atoms with Gasteiger partial charge in [-0.15, -0.1) is 5.06 Å². The molecule has 10 nitrogen and oxygen atoms in total. The van der Waals surface area contributed by atoms with Crippen molar-refractivity contribution in [2.75, 3.05) is 0 Å². The molecule has 168 valence electrons. The number of nitrogens with zero attached hydrogens (tertiary/aromatic N) is 1. The number of hydroxylamine groups is 2. The highest BCUT2D eigenvalue weighted by molar-refractivity contribution is 6.01. The molecule has 1 atom stereocenters. The standard InChI is InChI=1S/C21H26N2O8/c1-21(2,3)30-20(28)22-15(19(27)31-23-16(24)10-11-17(23)25)9-12-18(26)29-13-14-7-5-4-6-8-14/h4-8,15H,9-13H2,1-3H3,(H,22,28)/t15-/m0/s1. The Bertz CT molecular complexity index is 816.